The van der Waals surface area contributed by atoms with Crippen LogP contribution >= 0.6 is 0 Å². The van der Waals surface area contributed by atoms with Crippen LogP contribution in [0.15, 0.2) is 30.3 Å². The van der Waals surface area contributed by atoms with Gasteiger partial charge in [-0.1, -0.05) is 77.0 Å². The third-order valence-electron chi connectivity index (χ3n) is 5.18. The van der Waals surface area contributed by atoms with Gasteiger partial charge >= 0.3 is 5.97 Å². The van der Waals surface area contributed by atoms with Crippen molar-refractivity contribution >= 4 is 5.69 Å². The van der Waals surface area contributed by atoms with E-state index in [1.165, 1.54) is 32.1 Å². The third kappa shape index (κ3) is 5.97. The van der Waals surface area contributed by atoms with Crippen LogP contribution in [-0.4, -0.2) is 32.8 Å². The lowest BCUT2D eigenvalue weighted by molar-refractivity contribution is -0.381. The number of anilines is 1. The van der Waals surface area contributed by atoms with Crippen molar-refractivity contribution in [3.05, 3.63) is 30.3 Å². The van der Waals surface area contributed by atoms with Gasteiger partial charge < -0.3 is 19.5 Å². The molecule has 0 aromatic heterocycles. The number of nitrogens with one attached hydrogen (secondary N) is 1. The Labute approximate surface area is 160 Å². The van der Waals surface area contributed by atoms with E-state index in [1.54, 1.807) is 21.3 Å². The average molecular weight is 366 g/mol. The topological polar surface area (TPSA) is 39.7 Å². The number of hydrogen-bond acceptors (Lipinski definition) is 4. The Kier molecular flexibility index (Phi) is 10.9. The highest BCUT2D eigenvalue weighted by atomic mass is 16.9. The molecule has 0 aliphatic rings. The molecule has 4 nitrogen and oxygen atoms in total. The van der Waals surface area contributed by atoms with Crippen molar-refractivity contribution in [1.29, 1.82) is 0 Å². The zero-order chi connectivity index (χ0) is 19.3. The quantitative estimate of drug-likeness (QED) is 0.306. The Balaban J connectivity index is 3.02. The summed E-state index contributed by atoms with van der Waals surface area (Å²) >= 11 is 0. The van der Waals surface area contributed by atoms with E-state index in [2.05, 4.69) is 31.3 Å². The monoisotopic (exact) mass is 365 g/mol. The number of ether oxygens (including phenoxy) is 3. The van der Waals surface area contributed by atoms with E-state index in [9.17, 15) is 0 Å². The molecule has 0 heterocycles. The second-order valence-electron chi connectivity index (χ2n) is 7.01. The summed E-state index contributed by atoms with van der Waals surface area (Å²) in [5.74, 6) is -1.12. The van der Waals surface area contributed by atoms with Gasteiger partial charge in [0.15, 0.2) is 0 Å². The summed E-state index contributed by atoms with van der Waals surface area (Å²) in [6, 6.07) is 10.3. The van der Waals surface area contributed by atoms with E-state index >= 15 is 0 Å². The summed E-state index contributed by atoms with van der Waals surface area (Å²) in [7, 11) is 4.97. The van der Waals surface area contributed by atoms with Crippen molar-refractivity contribution in [1.82, 2.24) is 0 Å². The zero-order valence-electron chi connectivity index (χ0n) is 17.5. The summed E-state index contributed by atoms with van der Waals surface area (Å²) in [5.41, 5.74) is 0.606. The average Bonchev–Trinajstić information content (AvgIpc) is 2.67. The summed E-state index contributed by atoms with van der Waals surface area (Å²) in [4.78, 5) is 0. The van der Waals surface area contributed by atoms with Crippen molar-refractivity contribution in [3.63, 3.8) is 0 Å². The number of unbranched alkanes of at least 4 members (excludes halogenated alkanes) is 5. The fourth-order valence-corrected chi connectivity index (χ4v) is 3.90. The summed E-state index contributed by atoms with van der Waals surface area (Å²) in [6.07, 6.45) is 10.3. The number of hydrogen-bond donors (Lipinski definition) is 1. The maximum absolute atomic E-state index is 5.82. The standard InChI is InChI=1S/C22H39NO3/c1-6-8-9-10-11-15-19-21(18-7-2,22(24-3,25-4)26-5)23-20-16-13-12-14-17-20/h12-14,16-17,23H,6-11,15,18-19H2,1-5H3/t21-/m1/s1. The number of rotatable bonds is 15. The van der Waals surface area contributed by atoms with Crippen molar-refractivity contribution < 1.29 is 14.2 Å². The number of methoxy groups -OCH3 is 3. The Morgan fingerprint density at radius 3 is 1.85 bits per heavy atom. The molecule has 0 unspecified atom stereocenters. The van der Waals surface area contributed by atoms with Crippen LogP contribution in [0, 0.1) is 0 Å². The van der Waals surface area contributed by atoms with E-state index < -0.39 is 11.5 Å². The Morgan fingerprint density at radius 1 is 0.731 bits per heavy atom. The summed E-state index contributed by atoms with van der Waals surface area (Å²) in [5, 5.41) is 3.71. The molecule has 0 aliphatic carbocycles. The maximum Gasteiger partial charge on any atom is 0.306 e. The van der Waals surface area contributed by atoms with Gasteiger partial charge in [0.1, 0.15) is 5.54 Å². The van der Waals surface area contributed by atoms with Crippen molar-refractivity contribution in [2.75, 3.05) is 26.6 Å². The predicted octanol–water partition coefficient (Wildman–Crippen LogP) is 5.98. The maximum atomic E-state index is 5.82. The van der Waals surface area contributed by atoms with Gasteiger partial charge in [-0.3, -0.25) is 0 Å². The first kappa shape index (κ1) is 22.9. The van der Waals surface area contributed by atoms with Crippen LogP contribution in [0.4, 0.5) is 5.69 Å². The molecule has 1 N–H and O–H groups in total. The molecule has 4 heteroatoms. The Hall–Kier alpha value is -1.10. The molecule has 0 fully saturated rings. The molecular formula is C22H39NO3. The van der Waals surface area contributed by atoms with Crippen LogP contribution in [-0.2, 0) is 14.2 Å². The predicted molar refractivity (Wildman–Crippen MR) is 109 cm³/mol. The van der Waals surface area contributed by atoms with Crippen LogP contribution in [0.1, 0.15) is 71.6 Å². The molecule has 0 amide bonds. The molecule has 26 heavy (non-hydrogen) atoms. The highest BCUT2D eigenvalue weighted by molar-refractivity contribution is 5.46. The minimum atomic E-state index is -1.12. The van der Waals surface area contributed by atoms with Gasteiger partial charge in [-0.15, -0.1) is 0 Å². The van der Waals surface area contributed by atoms with E-state index in [4.69, 9.17) is 14.2 Å². The van der Waals surface area contributed by atoms with E-state index in [1.807, 2.05) is 18.2 Å². The minimum absolute atomic E-state index is 0.452. The molecule has 0 aliphatic heterocycles. The van der Waals surface area contributed by atoms with Gasteiger partial charge in [0.2, 0.25) is 0 Å². The second-order valence-corrected chi connectivity index (χ2v) is 7.01. The molecular weight excluding hydrogens is 326 g/mol. The number of para-hydroxylation sites is 1. The van der Waals surface area contributed by atoms with Crippen LogP contribution < -0.4 is 5.32 Å². The molecule has 1 rings (SSSR count). The minimum Gasteiger partial charge on any atom is -0.372 e. The molecule has 1 aromatic carbocycles. The van der Waals surface area contributed by atoms with Crippen LogP contribution in [0.25, 0.3) is 0 Å². The Bertz CT molecular complexity index is 453. The lowest BCUT2D eigenvalue weighted by Gasteiger charge is -2.48. The molecule has 0 saturated carbocycles. The molecule has 0 spiro atoms. The smallest absolute Gasteiger partial charge is 0.306 e. The van der Waals surface area contributed by atoms with Gasteiger partial charge in [-0.25, -0.2) is 0 Å². The molecule has 0 saturated heterocycles. The highest BCUT2D eigenvalue weighted by Crippen LogP contribution is 2.39. The molecule has 150 valence electrons. The normalized spacial score (nSPS) is 14.2. The lowest BCUT2D eigenvalue weighted by Crippen LogP contribution is -2.62. The summed E-state index contributed by atoms with van der Waals surface area (Å²) < 4.78 is 17.4. The molecule has 0 radical (unpaired) electrons. The van der Waals surface area contributed by atoms with Gasteiger partial charge in [0.05, 0.1) is 0 Å². The van der Waals surface area contributed by atoms with Gasteiger partial charge in [0.25, 0.3) is 0 Å². The summed E-state index contributed by atoms with van der Waals surface area (Å²) in [6.45, 7) is 4.44. The van der Waals surface area contributed by atoms with Crippen molar-refractivity contribution in [3.8, 4) is 0 Å². The van der Waals surface area contributed by atoms with Crippen LogP contribution in [0.2, 0.25) is 0 Å². The fourth-order valence-electron chi connectivity index (χ4n) is 3.90. The Morgan fingerprint density at radius 2 is 1.31 bits per heavy atom. The second kappa shape index (κ2) is 12.3. The first-order valence-electron chi connectivity index (χ1n) is 10.1. The van der Waals surface area contributed by atoms with E-state index in [0.29, 0.717) is 0 Å². The van der Waals surface area contributed by atoms with Gasteiger partial charge in [-0.2, -0.15) is 0 Å². The number of benzene rings is 1. The van der Waals surface area contributed by atoms with Gasteiger partial charge in [-0.05, 0) is 25.0 Å². The first-order valence-corrected chi connectivity index (χ1v) is 10.1. The van der Waals surface area contributed by atoms with E-state index in [-0.39, 0.29) is 0 Å². The van der Waals surface area contributed by atoms with Crippen LogP contribution in [0.3, 0.4) is 0 Å². The highest BCUT2D eigenvalue weighted by Gasteiger charge is 2.53. The van der Waals surface area contributed by atoms with Crippen molar-refractivity contribution in [2.24, 2.45) is 0 Å². The van der Waals surface area contributed by atoms with E-state index in [0.717, 1.165) is 31.4 Å². The van der Waals surface area contributed by atoms with Crippen LogP contribution in [0.5, 0.6) is 0 Å². The zero-order valence-corrected chi connectivity index (χ0v) is 17.5. The molecule has 1 aromatic rings. The lowest BCUT2D eigenvalue weighted by atomic mass is 9.83. The first-order chi connectivity index (χ1) is 12.6. The molecule has 0 bridgehead atoms. The SMILES string of the molecule is CCCCCCCC[C@@](CCC)(Nc1ccccc1)C(OC)(OC)OC. The van der Waals surface area contributed by atoms with Gasteiger partial charge in [0, 0.05) is 27.0 Å². The third-order valence-corrected chi connectivity index (χ3v) is 5.18. The van der Waals surface area contributed by atoms with Crippen molar-refractivity contribution in [2.45, 2.75) is 83.1 Å². The largest absolute Gasteiger partial charge is 0.372 e. The fraction of sp³-hybridized carbons (Fsp3) is 0.727. The molecule has 1 atom stereocenters.